The van der Waals surface area contributed by atoms with Crippen molar-refractivity contribution in [3.05, 3.63) is 40.4 Å². The van der Waals surface area contributed by atoms with Gasteiger partial charge in [-0.25, -0.2) is 0 Å². The number of nitriles is 1. The maximum Gasteiger partial charge on any atom is 0.0998 e. The molecule has 2 aromatic carbocycles. The van der Waals surface area contributed by atoms with E-state index in [2.05, 4.69) is 39.0 Å². The summed E-state index contributed by atoms with van der Waals surface area (Å²) in [6.07, 6.45) is 2.52. The molecule has 0 atom stereocenters. The SMILES string of the molecule is N#Cc1ccc(N2CCCC2)c2ccc(Br)cc12. The van der Waals surface area contributed by atoms with Crippen LogP contribution in [0.1, 0.15) is 18.4 Å². The molecule has 1 fully saturated rings. The number of hydrogen-bond donors (Lipinski definition) is 0. The number of halogens is 1. The molecule has 0 spiro atoms. The van der Waals surface area contributed by atoms with Crippen LogP contribution >= 0.6 is 15.9 Å². The molecule has 0 amide bonds. The molecule has 0 bridgehead atoms. The Hall–Kier alpha value is -1.53. The Morgan fingerprint density at radius 3 is 2.56 bits per heavy atom. The highest BCUT2D eigenvalue weighted by Crippen LogP contribution is 2.33. The maximum atomic E-state index is 9.20. The Labute approximate surface area is 115 Å². The molecule has 0 radical (unpaired) electrons. The third-order valence-corrected chi connectivity index (χ3v) is 4.02. The van der Waals surface area contributed by atoms with Crippen LogP contribution in [0.2, 0.25) is 0 Å². The van der Waals surface area contributed by atoms with Crippen molar-refractivity contribution in [2.24, 2.45) is 0 Å². The predicted molar refractivity (Wildman–Crippen MR) is 77.8 cm³/mol. The smallest absolute Gasteiger partial charge is 0.0998 e. The number of hydrogen-bond acceptors (Lipinski definition) is 2. The average Bonchev–Trinajstić information content (AvgIpc) is 2.91. The van der Waals surface area contributed by atoms with Gasteiger partial charge in [-0.15, -0.1) is 0 Å². The molecule has 0 saturated carbocycles. The van der Waals surface area contributed by atoms with Crippen molar-refractivity contribution in [3.63, 3.8) is 0 Å². The van der Waals surface area contributed by atoms with E-state index in [4.69, 9.17) is 0 Å². The second-order valence-corrected chi connectivity index (χ2v) is 5.54. The highest BCUT2D eigenvalue weighted by molar-refractivity contribution is 9.10. The summed E-state index contributed by atoms with van der Waals surface area (Å²) >= 11 is 3.48. The zero-order valence-electron chi connectivity index (χ0n) is 9.99. The number of fused-ring (bicyclic) bond motifs is 1. The Morgan fingerprint density at radius 2 is 1.83 bits per heavy atom. The van der Waals surface area contributed by atoms with Crippen LogP contribution in [0.5, 0.6) is 0 Å². The number of rotatable bonds is 1. The monoisotopic (exact) mass is 300 g/mol. The van der Waals surface area contributed by atoms with Crippen molar-refractivity contribution in [1.29, 1.82) is 5.26 Å². The summed E-state index contributed by atoms with van der Waals surface area (Å²) in [7, 11) is 0. The van der Waals surface area contributed by atoms with Gasteiger partial charge >= 0.3 is 0 Å². The molecule has 1 heterocycles. The van der Waals surface area contributed by atoms with Gasteiger partial charge in [0.2, 0.25) is 0 Å². The first-order valence-corrected chi connectivity index (χ1v) is 6.96. The summed E-state index contributed by atoms with van der Waals surface area (Å²) in [5, 5.41) is 11.4. The quantitative estimate of drug-likeness (QED) is 0.793. The van der Waals surface area contributed by atoms with Crippen LogP contribution in [0, 0.1) is 11.3 Å². The van der Waals surface area contributed by atoms with Crippen LogP contribution in [0.15, 0.2) is 34.8 Å². The van der Waals surface area contributed by atoms with Gasteiger partial charge in [-0.1, -0.05) is 22.0 Å². The summed E-state index contributed by atoms with van der Waals surface area (Å²) in [5.74, 6) is 0. The number of anilines is 1. The molecule has 1 aliphatic rings. The number of nitrogens with zero attached hydrogens (tertiary/aromatic N) is 2. The van der Waals surface area contributed by atoms with Crippen molar-refractivity contribution in [2.75, 3.05) is 18.0 Å². The second-order valence-electron chi connectivity index (χ2n) is 4.63. The van der Waals surface area contributed by atoms with Gasteiger partial charge < -0.3 is 4.90 Å². The average molecular weight is 301 g/mol. The lowest BCUT2D eigenvalue weighted by atomic mass is 10.0. The first kappa shape index (κ1) is 11.6. The van der Waals surface area contributed by atoms with E-state index >= 15 is 0 Å². The Bertz CT molecular complexity index is 637. The summed E-state index contributed by atoms with van der Waals surface area (Å²) in [6.45, 7) is 2.24. The fourth-order valence-electron chi connectivity index (χ4n) is 2.64. The Balaban J connectivity index is 2.25. The highest BCUT2D eigenvalue weighted by atomic mass is 79.9. The van der Waals surface area contributed by atoms with Crippen LogP contribution in [0.3, 0.4) is 0 Å². The van der Waals surface area contributed by atoms with Crippen LogP contribution < -0.4 is 4.90 Å². The minimum atomic E-state index is 0.745. The van der Waals surface area contributed by atoms with Crippen molar-refractivity contribution >= 4 is 32.4 Å². The third kappa shape index (κ3) is 1.87. The van der Waals surface area contributed by atoms with Crippen molar-refractivity contribution in [2.45, 2.75) is 12.8 Å². The minimum Gasteiger partial charge on any atom is -0.371 e. The lowest BCUT2D eigenvalue weighted by Gasteiger charge is -2.20. The Morgan fingerprint density at radius 1 is 1.06 bits per heavy atom. The van der Waals surface area contributed by atoms with Gasteiger partial charge in [0.05, 0.1) is 11.6 Å². The van der Waals surface area contributed by atoms with Gasteiger partial charge in [0.15, 0.2) is 0 Å². The Kier molecular flexibility index (Phi) is 2.97. The van der Waals surface area contributed by atoms with Crippen LogP contribution in [0.4, 0.5) is 5.69 Å². The predicted octanol–water partition coefficient (Wildman–Crippen LogP) is 4.07. The first-order valence-electron chi connectivity index (χ1n) is 6.17. The minimum absolute atomic E-state index is 0.745. The normalized spacial score (nSPS) is 15.0. The van der Waals surface area contributed by atoms with Gasteiger partial charge in [0.25, 0.3) is 0 Å². The zero-order valence-corrected chi connectivity index (χ0v) is 11.6. The molecule has 0 aromatic heterocycles. The van der Waals surface area contributed by atoms with E-state index in [0.29, 0.717) is 0 Å². The summed E-state index contributed by atoms with van der Waals surface area (Å²) < 4.78 is 1.02. The molecule has 1 saturated heterocycles. The lowest BCUT2D eigenvalue weighted by molar-refractivity contribution is 0.949. The molecule has 0 unspecified atom stereocenters. The largest absolute Gasteiger partial charge is 0.371 e. The molecular weight excluding hydrogens is 288 g/mol. The highest BCUT2D eigenvalue weighted by Gasteiger charge is 2.16. The van der Waals surface area contributed by atoms with Crippen molar-refractivity contribution in [3.8, 4) is 6.07 Å². The van der Waals surface area contributed by atoms with Gasteiger partial charge in [-0.3, -0.25) is 0 Å². The van der Waals surface area contributed by atoms with E-state index in [1.807, 2.05) is 18.2 Å². The standard InChI is InChI=1S/C15H13BrN2/c16-12-4-5-13-14(9-12)11(10-17)3-6-15(13)18-7-1-2-8-18/h3-6,9H,1-2,7-8H2. The maximum absolute atomic E-state index is 9.20. The summed E-state index contributed by atoms with van der Waals surface area (Å²) in [6, 6.07) is 12.5. The topological polar surface area (TPSA) is 27.0 Å². The zero-order chi connectivity index (χ0) is 12.5. The fraction of sp³-hybridized carbons (Fsp3) is 0.267. The lowest BCUT2D eigenvalue weighted by Crippen LogP contribution is -2.17. The molecular formula is C15H13BrN2. The summed E-state index contributed by atoms with van der Waals surface area (Å²) in [5.41, 5.74) is 2.00. The fourth-order valence-corrected chi connectivity index (χ4v) is 3.00. The first-order chi connectivity index (χ1) is 8.79. The van der Waals surface area contributed by atoms with Gasteiger partial charge in [0.1, 0.15) is 0 Å². The van der Waals surface area contributed by atoms with Gasteiger partial charge in [-0.2, -0.15) is 5.26 Å². The van der Waals surface area contributed by atoms with Crippen molar-refractivity contribution in [1.82, 2.24) is 0 Å². The van der Waals surface area contributed by atoms with E-state index in [1.54, 1.807) is 0 Å². The molecule has 0 N–H and O–H groups in total. The molecule has 18 heavy (non-hydrogen) atoms. The second kappa shape index (κ2) is 4.62. The van der Waals surface area contributed by atoms with Crippen LogP contribution in [-0.4, -0.2) is 13.1 Å². The van der Waals surface area contributed by atoms with Crippen LogP contribution in [0.25, 0.3) is 10.8 Å². The van der Waals surface area contributed by atoms with E-state index in [0.717, 1.165) is 28.5 Å². The van der Waals surface area contributed by atoms with Gasteiger partial charge in [0, 0.05) is 34.0 Å². The van der Waals surface area contributed by atoms with E-state index < -0.39 is 0 Å². The molecule has 3 rings (SSSR count). The third-order valence-electron chi connectivity index (χ3n) is 3.52. The van der Waals surface area contributed by atoms with Crippen LogP contribution in [-0.2, 0) is 0 Å². The molecule has 3 heteroatoms. The van der Waals surface area contributed by atoms with Crippen molar-refractivity contribution < 1.29 is 0 Å². The van der Waals surface area contributed by atoms with E-state index in [9.17, 15) is 5.26 Å². The van der Waals surface area contributed by atoms with E-state index in [1.165, 1.54) is 23.9 Å². The number of benzene rings is 2. The van der Waals surface area contributed by atoms with E-state index in [-0.39, 0.29) is 0 Å². The molecule has 0 aliphatic carbocycles. The summed E-state index contributed by atoms with van der Waals surface area (Å²) in [4.78, 5) is 2.41. The molecule has 2 aromatic rings. The molecule has 2 nitrogen and oxygen atoms in total. The van der Waals surface area contributed by atoms with Gasteiger partial charge in [-0.05, 0) is 37.1 Å². The molecule has 1 aliphatic heterocycles. The molecule has 90 valence electrons.